The number of carbonyl (C=O) groups is 3. The van der Waals surface area contributed by atoms with Crippen LogP contribution in [0.25, 0.3) is 0 Å². The van der Waals surface area contributed by atoms with Crippen LogP contribution >= 0.6 is 0 Å². The van der Waals surface area contributed by atoms with Crippen molar-refractivity contribution in [3.05, 3.63) is 131 Å². The first kappa shape index (κ1) is 23.2. The smallest absolute Gasteiger partial charge is 0.271 e. The summed E-state index contributed by atoms with van der Waals surface area (Å²) < 4.78 is 13.7. The number of pyridine rings is 1. The topological polar surface area (TPSA) is 91.7 Å². The van der Waals surface area contributed by atoms with Gasteiger partial charge in [-0.3, -0.25) is 19.4 Å². The normalized spacial score (nSPS) is 24.4. The molecule has 1 saturated heterocycles. The Morgan fingerprint density at radius 3 is 2.13 bits per heavy atom. The van der Waals surface area contributed by atoms with E-state index in [0.29, 0.717) is 11.3 Å². The van der Waals surface area contributed by atoms with Gasteiger partial charge >= 0.3 is 0 Å². The number of carbonyl (C=O) groups excluding carboxylic acids is 3. The number of anilines is 1. The number of halogens is 1. The molecule has 190 valence electrons. The largest absolute Gasteiger partial charge is 0.274 e. The summed E-state index contributed by atoms with van der Waals surface area (Å²) in [5, 5.41) is 4.39. The van der Waals surface area contributed by atoms with Crippen molar-refractivity contribution in [1.82, 2.24) is 10.4 Å². The second-order valence-electron chi connectivity index (χ2n) is 9.95. The minimum atomic E-state index is -1.11. The second kappa shape index (κ2) is 8.52. The minimum Gasteiger partial charge on any atom is -0.274 e. The first-order valence-electron chi connectivity index (χ1n) is 12.6. The fourth-order valence-corrected chi connectivity index (χ4v) is 6.65. The molecule has 2 bridgehead atoms. The Labute approximate surface area is 223 Å². The summed E-state index contributed by atoms with van der Waals surface area (Å²) in [5.41, 5.74) is 5.84. The van der Waals surface area contributed by atoms with Crippen LogP contribution in [-0.2, 0) is 15.0 Å². The van der Waals surface area contributed by atoms with Crippen LogP contribution in [0.15, 0.2) is 102 Å². The van der Waals surface area contributed by atoms with Gasteiger partial charge in [0.2, 0.25) is 11.8 Å². The number of hydrazone groups is 1. The molecule has 4 aromatic rings. The van der Waals surface area contributed by atoms with Crippen LogP contribution in [-0.4, -0.2) is 28.9 Å². The van der Waals surface area contributed by atoms with Crippen molar-refractivity contribution in [1.29, 1.82) is 0 Å². The van der Waals surface area contributed by atoms with Crippen LogP contribution < -0.4 is 10.3 Å². The van der Waals surface area contributed by atoms with E-state index in [-0.39, 0.29) is 17.7 Å². The summed E-state index contributed by atoms with van der Waals surface area (Å²) in [5.74, 6) is -3.40. The average Bonchev–Trinajstić information content (AvgIpc) is 3.25. The van der Waals surface area contributed by atoms with Gasteiger partial charge in [0.1, 0.15) is 5.82 Å². The number of rotatable bonds is 4. The zero-order chi connectivity index (χ0) is 26.7. The molecule has 8 rings (SSSR count). The molecule has 0 unspecified atom stereocenters. The SMILES string of the molecule is O=C(N/N=C\C12c3ccccc3C(c3ccccc31)[C@H]1C(=O)N(c3ccc(F)cc3)C(=O)[C@H]12)c1ccncc1. The predicted octanol–water partition coefficient (Wildman–Crippen LogP) is 4.19. The van der Waals surface area contributed by atoms with Crippen molar-refractivity contribution >= 4 is 29.6 Å². The Hall–Kier alpha value is -4.98. The molecule has 2 atom stereocenters. The summed E-state index contributed by atoms with van der Waals surface area (Å²) in [7, 11) is 0. The molecular formula is C31H21FN4O3. The van der Waals surface area contributed by atoms with Gasteiger partial charge in [-0.25, -0.2) is 14.7 Å². The molecule has 3 amide bonds. The van der Waals surface area contributed by atoms with Crippen LogP contribution in [0, 0.1) is 17.7 Å². The van der Waals surface area contributed by atoms with Gasteiger partial charge in [-0.05, 0) is 58.7 Å². The van der Waals surface area contributed by atoms with Gasteiger partial charge in [0.25, 0.3) is 5.91 Å². The van der Waals surface area contributed by atoms with Gasteiger partial charge in [0.05, 0.1) is 22.9 Å². The highest BCUT2D eigenvalue weighted by atomic mass is 19.1. The molecule has 0 radical (unpaired) electrons. The number of hydrogen-bond donors (Lipinski definition) is 1. The molecule has 2 heterocycles. The van der Waals surface area contributed by atoms with Crippen LogP contribution in [0.5, 0.6) is 0 Å². The molecule has 3 aliphatic carbocycles. The van der Waals surface area contributed by atoms with E-state index in [9.17, 15) is 18.8 Å². The van der Waals surface area contributed by atoms with Gasteiger partial charge in [0, 0.05) is 30.1 Å². The molecule has 7 nitrogen and oxygen atoms in total. The van der Waals surface area contributed by atoms with Gasteiger partial charge in [-0.15, -0.1) is 0 Å². The molecule has 1 aromatic heterocycles. The summed E-state index contributed by atoms with van der Waals surface area (Å²) in [6.45, 7) is 0. The van der Waals surface area contributed by atoms with Gasteiger partial charge in [-0.1, -0.05) is 48.5 Å². The van der Waals surface area contributed by atoms with Crippen LogP contribution in [0.1, 0.15) is 38.5 Å². The zero-order valence-corrected chi connectivity index (χ0v) is 20.5. The fraction of sp³-hybridized carbons (Fsp3) is 0.129. The lowest BCUT2D eigenvalue weighted by molar-refractivity contribution is -0.122. The van der Waals surface area contributed by atoms with Gasteiger partial charge < -0.3 is 0 Å². The summed E-state index contributed by atoms with van der Waals surface area (Å²) in [4.78, 5) is 46.2. The molecule has 39 heavy (non-hydrogen) atoms. The van der Waals surface area contributed by atoms with E-state index in [1.54, 1.807) is 18.3 Å². The van der Waals surface area contributed by atoms with Crippen molar-refractivity contribution < 1.29 is 18.8 Å². The van der Waals surface area contributed by atoms with Gasteiger partial charge in [0.15, 0.2) is 0 Å². The standard InChI is InChI=1S/C31H21FN4O3/c32-19-9-11-20(12-10-19)36-29(38)26-25-21-5-1-3-7-23(21)31(27(26)30(36)39,24-8-4-2-6-22(24)25)17-34-35-28(37)18-13-15-33-16-14-18/h1-17,25-27H,(H,35,37)/b34-17-/t25?,26-,27+,31?/m1/s1. The summed E-state index contributed by atoms with van der Waals surface area (Å²) >= 11 is 0. The highest BCUT2D eigenvalue weighted by Gasteiger charge is 2.68. The van der Waals surface area contributed by atoms with E-state index >= 15 is 0 Å². The molecule has 0 spiro atoms. The highest BCUT2D eigenvalue weighted by molar-refractivity contribution is 6.25. The average molecular weight is 517 g/mol. The molecule has 4 aliphatic rings. The van der Waals surface area contributed by atoms with Crippen LogP contribution in [0.3, 0.4) is 0 Å². The van der Waals surface area contributed by atoms with E-state index in [1.807, 2.05) is 48.5 Å². The van der Waals surface area contributed by atoms with E-state index in [4.69, 9.17) is 0 Å². The van der Waals surface area contributed by atoms with E-state index in [1.165, 1.54) is 41.6 Å². The Kier molecular flexibility index (Phi) is 5.06. The van der Waals surface area contributed by atoms with Crippen molar-refractivity contribution in [2.45, 2.75) is 11.3 Å². The number of nitrogens with zero attached hydrogens (tertiary/aromatic N) is 3. The number of amides is 3. The lowest BCUT2D eigenvalue weighted by atomic mass is 9.47. The third-order valence-electron chi connectivity index (χ3n) is 8.15. The molecule has 8 heteroatoms. The summed E-state index contributed by atoms with van der Waals surface area (Å²) in [6.07, 6.45) is 4.64. The molecule has 3 aromatic carbocycles. The van der Waals surface area contributed by atoms with Crippen molar-refractivity contribution in [2.75, 3.05) is 4.90 Å². The highest BCUT2D eigenvalue weighted by Crippen LogP contribution is 2.63. The van der Waals surface area contributed by atoms with Crippen LogP contribution in [0.2, 0.25) is 0 Å². The molecular weight excluding hydrogens is 495 g/mol. The zero-order valence-electron chi connectivity index (χ0n) is 20.5. The number of imide groups is 1. The Bertz CT molecular complexity index is 1640. The lowest BCUT2D eigenvalue weighted by Gasteiger charge is -2.52. The number of hydrogen-bond acceptors (Lipinski definition) is 5. The maximum Gasteiger partial charge on any atom is 0.271 e. The monoisotopic (exact) mass is 516 g/mol. The third kappa shape index (κ3) is 3.18. The molecule has 1 aliphatic heterocycles. The maximum atomic E-state index is 14.2. The minimum absolute atomic E-state index is 0.325. The number of benzene rings is 3. The van der Waals surface area contributed by atoms with Crippen molar-refractivity contribution in [3.8, 4) is 0 Å². The quantitative estimate of drug-likeness (QED) is 0.250. The fourth-order valence-electron chi connectivity index (χ4n) is 6.65. The van der Waals surface area contributed by atoms with Crippen LogP contribution in [0.4, 0.5) is 10.1 Å². The van der Waals surface area contributed by atoms with Crippen molar-refractivity contribution in [2.24, 2.45) is 16.9 Å². The van der Waals surface area contributed by atoms with E-state index in [2.05, 4.69) is 15.5 Å². The maximum absolute atomic E-state index is 14.2. The number of nitrogens with one attached hydrogen (secondary N) is 1. The Balaban J connectivity index is 1.41. The molecule has 1 fully saturated rings. The Morgan fingerprint density at radius 2 is 1.49 bits per heavy atom. The summed E-state index contributed by atoms with van der Waals surface area (Å²) in [6, 6.07) is 24.1. The Morgan fingerprint density at radius 1 is 0.872 bits per heavy atom. The second-order valence-corrected chi connectivity index (χ2v) is 9.95. The van der Waals surface area contributed by atoms with E-state index in [0.717, 1.165) is 22.3 Å². The van der Waals surface area contributed by atoms with E-state index < -0.39 is 29.0 Å². The first-order chi connectivity index (χ1) is 19.0. The first-order valence-corrected chi connectivity index (χ1v) is 12.6. The lowest BCUT2D eigenvalue weighted by Crippen LogP contribution is -2.54. The molecule has 1 N–H and O–H groups in total. The third-order valence-corrected chi connectivity index (χ3v) is 8.15. The predicted molar refractivity (Wildman–Crippen MR) is 142 cm³/mol. The molecule has 0 saturated carbocycles. The number of aromatic nitrogens is 1. The van der Waals surface area contributed by atoms with Crippen molar-refractivity contribution in [3.63, 3.8) is 0 Å². The van der Waals surface area contributed by atoms with Gasteiger partial charge in [-0.2, -0.15) is 5.10 Å².